The van der Waals surface area contributed by atoms with E-state index < -0.39 is 19.7 Å². The van der Waals surface area contributed by atoms with Crippen LogP contribution in [0, 0.1) is 18.6 Å². The quantitative estimate of drug-likeness (QED) is 0.0657. The molecule has 0 saturated carbocycles. The highest BCUT2D eigenvalue weighted by Gasteiger charge is 2.34. The largest absolute Gasteiger partial charge is 0.361 e. The number of hydrogen-bond acceptors (Lipinski definition) is 6. The molecule has 4 heterocycles. The van der Waals surface area contributed by atoms with Crippen molar-refractivity contribution < 1.29 is 18.3 Å². The van der Waals surface area contributed by atoms with Crippen LogP contribution in [0.25, 0.3) is 22.2 Å². The molecule has 1 atom stereocenters. The third-order valence-corrected chi connectivity index (χ3v) is 12.7. The summed E-state index contributed by atoms with van der Waals surface area (Å²) in [4.78, 5) is 37.0. The number of carbonyl (C=O) groups is 1. The van der Waals surface area contributed by atoms with Gasteiger partial charge < -0.3 is 14.2 Å². The molecule has 0 aliphatic heterocycles. The van der Waals surface area contributed by atoms with Crippen molar-refractivity contribution in [1.82, 2.24) is 24.4 Å². The summed E-state index contributed by atoms with van der Waals surface area (Å²) in [5, 5.41) is 0. The predicted octanol–water partition coefficient (Wildman–Crippen LogP) is 11.3. The standard InChI is InChI=1S/C49H48F2N6O2Si/c1-33-28-43-41(54-48(33)55-46(34-14-7-5-8-15-34)35-16-9-6-10-17-35)29-44(57(43)32-59-26-27-60(2,3)4)49(58)56(42-22-11-18-36-19-13-25-52-47(36)42)31-38-24-23-37(30-53-38)45-39(50)20-12-21-40(45)51/h5-10,12-17,19-21,23-25,28-30,42H,11,18,22,26-27,31-32H2,1-4H3/t42-/m1/s1. The number of nitrogens with zero attached hydrogens (tertiary/aromatic N) is 6. The van der Waals surface area contributed by atoms with Crippen molar-refractivity contribution in [2.45, 2.75) is 71.2 Å². The Morgan fingerprint density at radius 2 is 1.60 bits per heavy atom. The zero-order chi connectivity index (χ0) is 41.8. The number of fused-ring (bicyclic) bond motifs is 2. The van der Waals surface area contributed by atoms with Gasteiger partial charge in [0.2, 0.25) is 0 Å². The topological polar surface area (TPSA) is 85.5 Å². The normalized spacial score (nSPS) is 13.9. The van der Waals surface area contributed by atoms with E-state index in [-0.39, 0.29) is 30.8 Å². The number of aryl methyl sites for hydroxylation is 2. The van der Waals surface area contributed by atoms with Crippen molar-refractivity contribution in [3.05, 3.63) is 179 Å². The van der Waals surface area contributed by atoms with Crippen molar-refractivity contribution in [3.8, 4) is 11.1 Å². The molecule has 7 aromatic rings. The second kappa shape index (κ2) is 17.6. The highest BCUT2D eigenvalue weighted by atomic mass is 28.3. The summed E-state index contributed by atoms with van der Waals surface area (Å²) >= 11 is 0. The van der Waals surface area contributed by atoms with Gasteiger partial charge in [-0.3, -0.25) is 14.8 Å². The van der Waals surface area contributed by atoms with Crippen LogP contribution in [-0.4, -0.2) is 50.7 Å². The van der Waals surface area contributed by atoms with Crippen LogP contribution < -0.4 is 0 Å². The van der Waals surface area contributed by atoms with Crippen molar-refractivity contribution in [1.29, 1.82) is 0 Å². The Morgan fingerprint density at radius 3 is 2.27 bits per heavy atom. The van der Waals surface area contributed by atoms with Gasteiger partial charge in [0.05, 0.1) is 46.3 Å². The summed E-state index contributed by atoms with van der Waals surface area (Å²) in [7, 11) is -1.40. The Bertz CT molecular complexity index is 2600. The first-order valence-electron chi connectivity index (χ1n) is 20.5. The summed E-state index contributed by atoms with van der Waals surface area (Å²) in [5.74, 6) is -1.01. The number of ether oxygens (including phenoxy) is 1. The van der Waals surface area contributed by atoms with Crippen LogP contribution in [0.2, 0.25) is 25.7 Å². The van der Waals surface area contributed by atoms with Crippen molar-refractivity contribution >= 4 is 36.5 Å². The number of halogens is 2. The molecule has 0 spiro atoms. The first kappa shape index (κ1) is 40.6. The van der Waals surface area contributed by atoms with E-state index in [0.717, 1.165) is 58.1 Å². The molecule has 3 aromatic carbocycles. The molecule has 0 unspecified atom stereocenters. The fourth-order valence-electron chi connectivity index (χ4n) is 7.79. The van der Waals surface area contributed by atoms with E-state index in [9.17, 15) is 8.78 Å². The summed E-state index contributed by atoms with van der Waals surface area (Å²) in [6, 6.07) is 35.8. The van der Waals surface area contributed by atoms with Gasteiger partial charge in [-0.2, -0.15) is 0 Å². The Hall–Kier alpha value is -6.17. The Kier molecular flexibility index (Phi) is 11.9. The van der Waals surface area contributed by atoms with Crippen LogP contribution in [0.1, 0.15) is 63.0 Å². The number of aliphatic imine (C=N–C) groups is 1. The molecule has 4 aromatic heterocycles. The number of pyridine rings is 3. The average molecular weight is 819 g/mol. The van der Waals surface area contributed by atoms with E-state index >= 15 is 4.79 Å². The molecule has 1 amide bonds. The van der Waals surface area contributed by atoms with Crippen LogP contribution in [0.5, 0.6) is 0 Å². The highest BCUT2D eigenvalue weighted by Crippen LogP contribution is 2.36. The fourth-order valence-corrected chi connectivity index (χ4v) is 8.55. The molecule has 0 bridgehead atoms. The Labute approximate surface area is 350 Å². The number of rotatable bonds is 13. The maximum Gasteiger partial charge on any atom is 0.271 e. The minimum Gasteiger partial charge on any atom is -0.361 e. The van der Waals surface area contributed by atoms with E-state index in [4.69, 9.17) is 19.7 Å². The molecule has 8 rings (SSSR count). The van der Waals surface area contributed by atoms with E-state index in [1.807, 2.05) is 95.3 Å². The van der Waals surface area contributed by atoms with Gasteiger partial charge in [-0.05, 0) is 79.8 Å². The molecule has 8 nitrogen and oxygen atoms in total. The molecule has 0 fully saturated rings. The van der Waals surface area contributed by atoms with Gasteiger partial charge in [-0.25, -0.2) is 18.8 Å². The van der Waals surface area contributed by atoms with Crippen LogP contribution >= 0.6 is 0 Å². The van der Waals surface area contributed by atoms with Gasteiger partial charge in [0.25, 0.3) is 5.91 Å². The van der Waals surface area contributed by atoms with Gasteiger partial charge >= 0.3 is 0 Å². The molecule has 60 heavy (non-hydrogen) atoms. The fraction of sp³-hybridized carbons (Fsp3) is 0.245. The first-order valence-corrected chi connectivity index (χ1v) is 24.2. The maximum atomic E-state index is 15.4. The van der Waals surface area contributed by atoms with Crippen molar-refractivity contribution in [2.24, 2.45) is 4.99 Å². The lowest BCUT2D eigenvalue weighted by Crippen LogP contribution is -2.38. The molecule has 11 heteroatoms. The van der Waals surface area contributed by atoms with Gasteiger partial charge in [-0.1, -0.05) is 98.5 Å². The van der Waals surface area contributed by atoms with Crippen molar-refractivity contribution in [3.63, 3.8) is 0 Å². The summed E-state index contributed by atoms with van der Waals surface area (Å²) in [6.07, 6.45) is 5.69. The summed E-state index contributed by atoms with van der Waals surface area (Å²) < 4.78 is 37.8. The molecule has 1 aliphatic rings. The van der Waals surface area contributed by atoms with Gasteiger partial charge in [-0.15, -0.1) is 0 Å². The Morgan fingerprint density at radius 1 is 0.883 bits per heavy atom. The van der Waals surface area contributed by atoms with Gasteiger partial charge in [0, 0.05) is 43.8 Å². The third-order valence-electron chi connectivity index (χ3n) is 11.0. The maximum absolute atomic E-state index is 15.4. The molecule has 304 valence electrons. The predicted molar refractivity (Wildman–Crippen MR) is 236 cm³/mol. The zero-order valence-corrected chi connectivity index (χ0v) is 35.4. The summed E-state index contributed by atoms with van der Waals surface area (Å²) in [6.45, 7) is 9.79. The monoisotopic (exact) mass is 818 g/mol. The molecule has 1 aliphatic carbocycles. The van der Waals surface area contributed by atoms with E-state index in [0.29, 0.717) is 41.3 Å². The number of benzene rings is 3. The lowest BCUT2D eigenvalue weighted by atomic mass is 9.90. The van der Waals surface area contributed by atoms with Crippen LogP contribution in [-0.2, 0) is 24.4 Å². The number of amides is 1. The van der Waals surface area contributed by atoms with E-state index in [1.165, 1.54) is 24.4 Å². The number of aromatic nitrogens is 4. The molecular formula is C49H48F2N6O2Si. The zero-order valence-electron chi connectivity index (χ0n) is 34.4. The minimum atomic E-state index is -1.40. The molecule has 0 radical (unpaired) electrons. The van der Waals surface area contributed by atoms with Crippen LogP contribution in [0.15, 0.2) is 133 Å². The lowest BCUT2D eigenvalue weighted by molar-refractivity contribution is 0.0575. The van der Waals surface area contributed by atoms with Crippen LogP contribution in [0.3, 0.4) is 0 Å². The highest BCUT2D eigenvalue weighted by molar-refractivity contribution is 6.76. The van der Waals surface area contributed by atoms with Crippen LogP contribution in [0.4, 0.5) is 14.6 Å². The smallest absolute Gasteiger partial charge is 0.271 e. The molecular weight excluding hydrogens is 771 g/mol. The second-order valence-electron chi connectivity index (χ2n) is 16.6. The lowest BCUT2D eigenvalue weighted by Gasteiger charge is -2.35. The SMILES string of the molecule is Cc1cc2c(cc(C(=O)N(Cc3ccc(-c4c(F)cccc4F)cn3)[C@@H]3CCCc4cccnc43)n2COCC[Si](C)(C)C)nc1N=C(c1ccccc1)c1ccccc1. The molecule has 0 saturated heterocycles. The average Bonchev–Trinajstić information content (AvgIpc) is 3.60. The van der Waals surface area contributed by atoms with Crippen molar-refractivity contribution in [2.75, 3.05) is 6.61 Å². The molecule has 0 N–H and O–H groups in total. The van der Waals surface area contributed by atoms with Gasteiger partial charge in [0.15, 0.2) is 5.82 Å². The first-order chi connectivity index (χ1) is 29.0. The number of hydrogen-bond donors (Lipinski definition) is 0. The third kappa shape index (κ3) is 8.87. The second-order valence-corrected chi connectivity index (χ2v) is 22.2. The van der Waals surface area contributed by atoms with Gasteiger partial charge in [0.1, 0.15) is 24.1 Å². The summed E-state index contributed by atoms with van der Waals surface area (Å²) in [5.41, 5.74) is 8.09. The minimum absolute atomic E-state index is 0.136. The van der Waals surface area contributed by atoms with E-state index in [1.54, 1.807) is 18.3 Å². The van der Waals surface area contributed by atoms with E-state index in [2.05, 4.69) is 30.7 Å². The number of carbonyl (C=O) groups excluding carboxylic acids is 1. The Balaban J connectivity index is 1.23.